The van der Waals surface area contributed by atoms with Crippen LogP contribution in [0.5, 0.6) is 11.5 Å². The highest BCUT2D eigenvalue weighted by Gasteiger charge is 2.70. The van der Waals surface area contributed by atoms with Crippen LogP contribution < -0.4 is 19.7 Å². The van der Waals surface area contributed by atoms with E-state index in [2.05, 4.69) is 5.32 Å². The number of Topliss-reactive ketones (excluding diaryl/α,β-unsaturated/α-hetero) is 2. The summed E-state index contributed by atoms with van der Waals surface area (Å²) in [7, 11) is 3.00. The van der Waals surface area contributed by atoms with Crippen molar-refractivity contribution in [2.75, 3.05) is 24.4 Å². The molecule has 3 aliphatic rings. The first kappa shape index (κ1) is 26.5. The van der Waals surface area contributed by atoms with Gasteiger partial charge in [0.1, 0.15) is 23.0 Å². The van der Waals surface area contributed by atoms with E-state index < -0.39 is 23.4 Å². The lowest BCUT2D eigenvalue weighted by Crippen LogP contribution is -2.51. The maximum atomic E-state index is 15.1. The summed E-state index contributed by atoms with van der Waals surface area (Å²) >= 11 is 7.68. The van der Waals surface area contributed by atoms with Crippen LogP contribution in [-0.2, 0) is 10.2 Å². The summed E-state index contributed by atoms with van der Waals surface area (Å²) in [5.41, 5.74) is 1.64. The second-order valence-corrected chi connectivity index (χ2v) is 11.9. The molecule has 1 aromatic heterocycles. The van der Waals surface area contributed by atoms with Crippen molar-refractivity contribution < 1.29 is 23.9 Å². The van der Waals surface area contributed by atoms with Crippen molar-refractivity contribution in [3.8, 4) is 11.5 Å². The number of benzene rings is 3. The van der Waals surface area contributed by atoms with Crippen LogP contribution in [0.3, 0.4) is 0 Å². The van der Waals surface area contributed by atoms with E-state index >= 15 is 4.79 Å². The zero-order valence-corrected chi connectivity index (χ0v) is 24.2. The molecule has 1 N–H and O–H groups in total. The number of para-hydroxylation sites is 1. The second kappa shape index (κ2) is 9.86. The van der Waals surface area contributed by atoms with E-state index in [1.165, 1.54) is 25.6 Å². The Balaban J connectivity index is 1.55. The largest absolute Gasteiger partial charge is 0.497 e. The lowest BCUT2D eigenvalue weighted by atomic mass is 9.64. The van der Waals surface area contributed by atoms with Crippen molar-refractivity contribution in [2.45, 2.75) is 17.5 Å². The van der Waals surface area contributed by atoms with Crippen LogP contribution in [0.15, 0.2) is 84.3 Å². The third-order valence-corrected chi connectivity index (χ3v) is 9.70. The Morgan fingerprint density at radius 3 is 2.57 bits per heavy atom. The molecule has 0 saturated carbocycles. The first-order chi connectivity index (χ1) is 20.4. The monoisotopic (exact) mass is 596 g/mol. The van der Waals surface area contributed by atoms with Crippen molar-refractivity contribution in [3.63, 3.8) is 0 Å². The number of hydrogen-bond acceptors (Lipinski definition) is 7. The quantitative estimate of drug-likeness (QED) is 0.264. The molecule has 210 valence electrons. The number of methoxy groups -OCH3 is 2. The van der Waals surface area contributed by atoms with E-state index in [4.69, 9.17) is 21.1 Å². The van der Waals surface area contributed by atoms with Crippen LogP contribution in [0, 0.1) is 5.92 Å². The van der Waals surface area contributed by atoms with E-state index in [9.17, 15) is 9.59 Å². The molecule has 4 heterocycles. The molecule has 0 bridgehead atoms. The molecule has 42 heavy (non-hydrogen) atoms. The van der Waals surface area contributed by atoms with E-state index in [1.807, 2.05) is 64.9 Å². The van der Waals surface area contributed by atoms with Gasteiger partial charge in [0, 0.05) is 16.4 Å². The summed E-state index contributed by atoms with van der Waals surface area (Å²) < 4.78 is 11.1. The molecule has 7 nitrogen and oxygen atoms in total. The van der Waals surface area contributed by atoms with E-state index in [0.29, 0.717) is 32.6 Å². The third kappa shape index (κ3) is 3.61. The molecular formula is C33H25ClN2O5S. The van der Waals surface area contributed by atoms with Crippen molar-refractivity contribution in [1.29, 1.82) is 0 Å². The minimum atomic E-state index is -1.42. The Labute approximate surface area is 251 Å². The third-order valence-electron chi connectivity index (χ3n) is 8.58. The summed E-state index contributed by atoms with van der Waals surface area (Å²) in [5.74, 6) is -1.28. The molecule has 1 fully saturated rings. The maximum Gasteiger partial charge on any atom is 0.238 e. The number of carbonyl (C=O) groups excluding carboxylic acids is 3. The summed E-state index contributed by atoms with van der Waals surface area (Å²) in [6, 6.07) is 19.7. The zero-order chi connectivity index (χ0) is 29.2. The number of amides is 1. The van der Waals surface area contributed by atoms with Gasteiger partial charge in [-0.05, 0) is 65.0 Å². The topological polar surface area (TPSA) is 84.9 Å². The average Bonchev–Trinajstić information content (AvgIpc) is 3.73. The number of thiophene rings is 1. The van der Waals surface area contributed by atoms with E-state index in [1.54, 1.807) is 30.3 Å². The maximum absolute atomic E-state index is 15.1. The lowest BCUT2D eigenvalue weighted by Gasteiger charge is -2.37. The van der Waals surface area contributed by atoms with Crippen LogP contribution in [0.1, 0.15) is 31.2 Å². The highest BCUT2D eigenvalue weighted by molar-refractivity contribution is 7.12. The molecule has 9 heteroatoms. The molecule has 3 aromatic carbocycles. The molecule has 7 rings (SSSR count). The fourth-order valence-electron chi connectivity index (χ4n) is 6.89. The molecule has 1 saturated heterocycles. The number of fused-ring (bicyclic) bond motifs is 6. The van der Waals surface area contributed by atoms with E-state index in [0.717, 1.165) is 11.3 Å². The predicted octanol–water partition coefficient (Wildman–Crippen LogP) is 6.27. The normalized spacial score (nSPS) is 23.3. The Kier molecular flexibility index (Phi) is 6.22. The SMILES string of the molecule is COc1ccc(OC)c(C(=O)C2C(C(=O)c3cccs3)N3c4ccc(Cl)cc4C=CC3C23C(=O)Nc2ccccc23)c1. The Morgan fingerprint density at radius 2 is 1.81 bits per heavy atom. The first-order valence-corrected chi connectivity index (χ1v) is 14.7. The van der Waals surface area contributed by atoms with Crippen LogP contribution in [0.25, 0.3) is 6.08 Å². The fraction of sp³-hybridized carbons (Fsp3) is 0.182. The number of rotatable bonds is 6. The van der Waals surface area contributed by atoms with Gasteiger partial charge in [0.2, 0.25) is 5.91 Å². The van der Waals surface area contributed by atoms with Gasteiger partial charge in [-0.3, -0.25) is 14.4 Å². The van der Waals surface area contributed by atoms with Gasteiger partial charge in [0.25, 0.3) is 0 Å². The van der Waals surface area contributed by atoms with E-state index in [-0.39, 0.29) is 23.0 Å². The highest BCUT2D eigenvalue weighted by atomic mass is 35.5. The minimum absolute atomic E-state index is 0.236. The van der Waals surface area contributed by atoms with Gasteiger partial charge in [-0.15, -0.1) is 11.3 Å². The minimum Gasteiger partial charge on any atom is -0.497 e. The number of nitrogens with zero attached hydrogens (tertiary/aromatic N) is 1. The Morgan fingerprint density at radius 1 is 0.976 bits per heavy atom. The number of nitrogens with one attached hydrogen (secondary N) is 1. The fourth-order valence-corrected chi connectivity index (χ4v) is 7.77. The summed E-state index contributed by atoms with van der Waals surface area (Å²) in [5, 5.41) is 5.42. The van der Waals surface area contributed by atoms with Crippen molar-refractivity contribution in [3.05, 3.63) is 111 Å². The van der Waals surface area contributed by atoms with Crippen LogP contribution >= 0.6 is 22.9 Å². The second-order valence-electron chi connectivity index (χ2n) is 10.5. The van der Waals surface area contributed by atoms with Crippen molar-refractivity contribution >= 4 is 57.9 Å². The van der Waals surface area contributed by atoms with Crippen molar-refractivity contribution in [1.82, 2.24) is 0 Å². The molecule has 4 unspecified atom stereocenters. The van der Waals surface area contributed by atoms with Gasteiger partial charge in [0.05, 0.1) is 36.6 Å². The molecule has 4 aromatic rings. The number of ketones is 2. The number of hydrogen-bond donors (Lipinski definition) is 1. The first-order valence-electron chi connectivity index (χ1n) is 13.4. The standard InChI is InChI=1S/C33H25ClN2O5S/c1-40-20-11-13-25(41-2)21(17-20)30(37)28-29(31(38)26-8-5-15-42-26)36-24-12-10-19(34)16-18(24)9-14-27(36)33(28)22-6-3-4-7-23(22)35-32(33)39/h3-17,27-29H,1-2H3,(H,35,39). The van der Waals surface area contributed by atoms with Crippen LogP contribution in [0.2, 0.25) is 5.02 Å². The zero-order valence-electron chi connectivity index (χ0n) is 22.7. The summed E-state index contributed by atoms with van der Waals surface area (Å²) in [6.07, 6.45) is 3.84. The summed E-state index contributed by atoms with van der Waals surface area (Å²) in [6.45, 7) is 0. The van der Waals surface area contributed by atoms with Crippen molar-refractivity contribution in [2.24, 2.45) is 5.92 Å². The Hall–Kier alpha value is -4.40. The molecule has 0 aliphatic carbocycles. The van der Waals surface area contributed by atoms with Gasteiger partial charge in [-0.2, -0.15) is 0 Å². The molecule has 3 aliphatic heterocycles. The Bertz CT molecular complexity index is 1800. The molecule has 4 atom stereocenters. The van der Waals surface area contributed by atoms with Gasteiger partial charge in [-0.25, -0.2) is 0 Å². The van der Waals surface area contributed by atoms with Crippen LogP contribution in [0.4, 0.5) is 11.4 Å². The predicted molar refractivity (Wildman–Crippen MR) is 163 cm³/mol. The smallest absolute Gasteiger partial charge is 0.238 e. The molecule has 1 amide bonds. The number of ether oxygens (including phenoxy) is 2. The number of carbonyl (C=O) groups is 3. The number of halogens is 1. The molecule has 0 radical (unpaired) electrons. The summed E-state index contributed by atoms with van der Waals surface area (Å²) in [4.78, 5) is 46.6. The average molecular weight is 597 g/mol. The number of anilines is 2. The van der Waals surface area contributed by atoms with Crippen LogP contribution in [-0.4, -0.2) is 43.8 Å². The lowest BCUT2D eigenvalue weighted by molar-refractivity contribution is -0.121. The highest BCUT2D eigenvalue weighted by Crippen LogP contribution is 2.58. The molecule has 1 spiro atoms. The van der Waals surface area contributed by atoms with Gasteiger partial charge >= 0.3 is 0 Å². The molecular weight excluding hydrogens is 572 g/mol. The van der Waals surface area contributed by atoms with Gasteiger partial charge < -0.3 is 19.7 Å². The van der Waals surface area contributed by atoms with Gasteiger partial charge in [0.15, 0.2) is 11.6 Å². The van der Waals surface area contributed by atoms with Gasteiger partial charge in [-0.1, -0.05) is 48.0 Å².